The molecule has 1 heterocycles. The van der Waals surface area contributed by atoms with Crippen LogP contribution in [0.3, 0.4) is 0 Å². The summed E-state index contributed by atoms with van der Waals surface area (Å²) in [5, 5.41) is 1.70. The maximum atomic E-state index is 10.9. The van der Waals surface area contributed by atoms with Crippen molar-refractivity contribution in [2.45, 2.75) is 11.7 Å². The number of thioether (sulfide) groups is 1. The maximum absolute atomic E-state index is 10.9. The van der Waals surface area contributed by atoms with E-state index in [0.29, 0.717) is 0 Å². The van der Waals surface area contributed by atoms with E-state index in [1.54, 1.807) is 0 Å². The highest BCUT2D eigenvalue weighted by atomic mass is 32.2. The second-order valence-electron chi connectivity index (χ2n) is 2.38. The summed E-state index contributed by atoms with van der Waals surface area (Å²) in [6.07, 6.45) is 0.150. The topological polar surface area (TPSA) is 89.3 Å². The van der Waals surface area contributed by atoms with Crippen LogP contribution in [0.25, 0.3) is 0 Å². The molecule has 3 N–H and O–H groups in total. The molecule has 5 nitrogen and oxygen atoms in total. The fraction of sp³-hybridized carbons (Fsp3) is 0.500. The second kappa shape index (κ2) is 3.57. The van der Waals surface area contributed by atoms with E-state index in [1.165, 1.54) is 0 Å². The van der Waals surface area contributed by atoms with Crippen molar-refractivity contribution in [3.8, 4) is 0 Å². The maximum Gasteiger partial charge on any atom is 0.240 e. The number of carbonyl (C=O) groups is 3. The van der Waals surface area contributed by atoms with Crippen LogP contribution < -0.4 is 11.1 Å². The second-order valence-corrected chi connectivity index (χ2v) is 3.57. The van der Waals surface area contributed by atoms with E-state index in [9.17, 15) is 14.4 Å². The van der Waals surface area contributed by atoms with Crippen LogP contribution in [-0.4, -0.2) is 28.7 Å². The number of rotatable bonds is 3. The predicted molar refractivity (Wildman–Crippen MR) is 43.2 cm³/mol. The zero-order chi connectivity index (χ0) is 9.14. The van der Waals surface area contributed by atoms with E-state index in [2.05, 4.69) is 5.32 Å². The molecule has 0 radical (unpaired) electrons. The summed E-state index contributed by atoms with van der Waals surface area (Å²) in [7, 11) is 0. The van der Waals surface area contributed by atoms with Crippen molar-refractivity contribution in [3.63, 3.8) is 0 Å². The third-order valence-electron chi connectivity index (χ3n) is 1.35. The molecule has 3 amide bonds. The third kappa shape index (κ3) is 2.23. The van der Waals surface area contributed by atoms with E-state index < -0.39 is 11.2 Å². The summed E-state index contributed by atoms with van der Waals surface area (Å²) >= 11 is 1.10. The Bertz CT molecular complexity index is 241. The van der Waals surface area contributed by atoms with Crippen LogP contribution in [0.2, 0.25) is 0 Å². The molecule has 1 rings (SSSR count). The van der Waals surface area contributed by atoms with Gasteiger partial charge in [0.05, 0.1) is 11.0 Å². The Labute approximate surface area is 73.1 Å². The summed E-state index contributed by atoms with van der Waals surface area (Å²) < 4.78 is 0. The van der Waals surface area contributed by atoms with Gasteiger partial charge in [-0.3, -0.25) is 19.7 Å². The van der Waals surface area contributed by atoms with Crippen LogP contribution in [-0.2, 0) is 14.4 Å². The van der Waals surface area contributed by atoms with E-state index >= 15 is 0 Å². The van der Waals surface area contributed by atoms with Gasteiger partial charge in [0.25, 0.3) is 0 Å². The summed E-state index contributed by atoms with van der Waals surface area (Å²) in [6, 6.07) is 0. The Morgan fingerprint density at radius 3 is 2.75 bits per heavy atom. The molecule has 1 saturated heterocycles. The van der Waals surface area contributed by atoms with Gasteiger partial charge in [-0.25, -0.2) is 0 Å². The van der Waals surface area contributed by atoms with Crippen LogP contribution in [0.1, 0.15) is 6.42 Å². The summed E-state index contributed by atoms with van der Waals surface area (Å²) in [6.45, 7) is 0. The molecule has 66 valence electrons. The Kier molecular flexibility index (Phi) is 2.69. The lowest BCUT2D eigenvalue weighted by molar-refractivity contribution is -0.124. The van der Waals surface area contributed by atoms with Crippen LogP contribution in [0.15, 0.2) is 0 Å². The lowest BCUT2D eigenvalue weighted by Gasteiger charge is -2.01. The van der Waals surface area contributed by atoms with Crippen LogP contribution in [0.5, 0.6) is 0 Å². The van der Waals surface area contributed by atoms with Crippen molar-refractivity contribution in [3.05, 3.63) is 0 Å². The van der Waals surface area contributed by atoms with Gasteiger partial charge in [0.2, 0.25) is 17.7 Å². The first-order chi connectivity index (χ1) is 5.59. The molecule has 1 atom stereocenters. The fourth-order valence-corrected chi connectivity index (χ4v) is 1.69. The largest absolute Gasteiger partial charge is 0.369 e. The molecule has 0 aromatic rings. The molecule has 1 aliphatic heterocycles. The Hall–Kier alpha value is -1.04. The van der Waals surface area contributed by atoms with E-state index in [0.717, 1.165) is 11.8 Å². The lowest BCUT2D eigenvalue weighted by atomic mass is 10.4. The first kappa shape index (κ1) is 9.05. The van der Waals surface area contributed by atoms with Gasteiger partial charge in [-0.2, -0.15) is 0 Å². The predicted octanol–water partition coefficient (Wildman–Crippen LogP) is -1.38. The summed E-state index contributed by atoms with van der Waals surface area (Å²) in [5.41, 5.74) is 4.87. The zero-order valence-corrected chi connectivity index (χ0v) is 7.02. The van der Waals surface area contributed by atoms with Gasteiger partial charge in [-0.15, -0.1) is 11.8 Å². The van der Waals surface area contributed by atoms with Gasteiger partial charge in [-0.05, 0) is 0 Å². The van der Waals surface area contributed by atoms with Crippen LogP contribution >= 0.6 is 11.8 Å². The number of nitrogens with one attached hydrogen (secondary N) is 1. The van der Waals surface area contributed by atoms with Gasteiger partial charge >= 0.3 is 0 Å². The van der Waals surface area contributed by atoms with Crippen LogP contribution in [0, 0.1) is 0 Å². The minimum atomic E-state index is -0.479. The minimum Gasteiger partial charge on any atom is -0.369 e. The molecule has 12 heavy (non-hydrogen) atoms. The highest BCUT2D eigenvalue weighted by molar-refractivity contribution is 8.01. The number of primary amides is 1. The molecular formula is C6H8N2O3S. The van der Waals surface area contributed by atoms with Gasteiger partial charge in [0.15, 0.2) is 0 Å². The number of hydrogen-bond acceptors (Lipinski definition) is 4. The third-order valence-corrected chi connectivity index (χ3v) is 2.59. The molecule has 0 bridgehead atoms. The molecule has 1 fully saturated rings. The highest BCUT2D eigenvalue weighted by Crippen LogP contribution is 2.18. The molecule has 1 aliphatic rings. The Balaban J connectivity index is 2.38. The van der Waals surface area contributed by atoms with Crippen molar-refractivity contribution in [2.75, 3.05) is 5.75 Å². The monoisotopic (exact) mass is 188 g/mol. The first-order valence-corrected chi connectivity index (χ1v) is 4.38. The van der Waals surface area contributed by atoms with Gasteiger partial charge < -0.3 is 5.73 Å². The molecule has 0 aromatic carbocycles. The number of nitrogens with two attached hydrogens (primary N) is 1. The van der Waals surface area contributed by atoms with Crippen molar-refractivity contribution in [1.82, 2.24) is 5.32 Å². The smallest absolute Gasteiger partial charge is 0.240 e. The van der Waals surface area contributed by atoms with Gasteiger partial charge in [-0.1, -0.05) is 0 Å². The standard InChI is InChI=1S/C6H8N2O3S/c7-4(9)2-12-3-1-5(10)8-6(3)11/h3H,1-2H2,(H2,7,9)(H,8,10,11). The summed E-state index contributed by atoms with van der Waals surface area (Å²) in [4.78, 5) is 31.9. The van der Waals surface area contributed by atoms with Gasteiger partial charge in [0.1, 0.15) is 0 Å². The summed E-state index contributed by atoms with van der Waals surface area (Å²) in [5.74, 6) is -1.02. The average Bonchev–Trinajstić information content (AvgIpc) is 2.26. The molecular weight excluding hydrogens is 180 g/mol. The van der Waals surface area contributed by atoms with E-state index in [4.69, 9.17) is 5.73 Å². The Morgan fingerprint density at radius 2 is 2.33 bits per heavy atom. The quantitative estimate of drug-likeness (QED) is 0.534. The number of amides is 3. The van der Waals surface area contributed by atoms with Crippen molar-refractivity contribution in [2.24, 2.45) is 5.73 Å². The molecule has 0 saturated carbocycles. The molecule has 6 heteroatoms. The van der Waals surface area contributed by atoms with Crippen molar-refractivity contribution >= 4 is 29.5 Å². The number of carbonyl (C=O) groups excluding carboxylic acids is 3. The number of hydrogen-bond donors (Lipinski definition) is 2. The number of imide groups is 1. The first-order valence-electron chi connectivity index (χ1n) is 3.33. The van der Waals surface area contributed by atoms with Crippen molar-refractivity contribution in [1.29, 1.82) is 0 Å². The van der Waals surface area contributed by atoms with E-state index in [1.807, 2.05) is 0 Å². The highest BCUT2D eigenvalue weighted by Gasteiger charge is 2.30. The molecule has 0 aliphatic carbocycles. The molecule has 1 unspecified atom stereocenters. The minimum absolute atomic E-state index is 0.0748. The van der Waals surface area contributed by atoms with Gasteiger partial charge in [0, 0.05) is 6.42 Å². The van der Waals surface area contributed by atoms with Crippen LogP contribution in [0.4, 0.5) is 0 Å². The fourth-order valence-electron chi connectivity index (χ4n) is 0.847. The molecule has 0 spiro atoms. The SMILES string of the molecule is NC(=O)CSC1CC(=O)NC1=O. The average molecular weight is 188 g/mol. The van der Waals surface area contributed by atoms with E-state index in [-0.39, 0.29) is 24.0 Å². The zero-order valence-electron chi connectivity index (χ0n) is 6.20. The van der Waals surface area contributed by atoms with Crippen molar-refractivity contribution < 1.29 is 14.4 Å². The Morgan fingerprint density at radius 1 is 1.67 bits per heavy atom. The normalized spacial score (nSPS) is 22.5. The lowest BCUT2D eigenvalue weighted by Crippen LogP contribution is -2.24. The molecule has 0 aromatic heterocycles.